The molecule has 0 aliphatic heterocycles. The first kappa shape index (κ1) is 14.1. The topological polar surface area (TPSA) is 37.3 Å². The maximum Gasteiger partial charge on any atom is 0.314 e. The Balaban J connectivity index is 2.28. The molecule has 0 amide bonds. The third-order valence-electron chi connectivity index (χ3n) is 4.38. The van der Waals surface area contributed by atoms with Crippen LogP contribution in [-0.4, -0.2) is 11.1 Å². The lowest BCUT2D eigenvalue weighted by atomic mass is 9.67. The van der Waals surface area contributed by atoms with E-state index in [0.717, 1.165) is 44.1 Å². The molecular formula is C17H24O2. The normalized spacial score (nSPS) is 22.3. The van der Waals surface area contributed by atoms with Gasteiger partial charge in [-0.15, -0.1) is 0 Å². The summed E-state index contributed by atoms with van der Waals surface area (Å²) in [5, 5.41) is 9.80. The molecule has 1 aliphatic carbocycles. The molecule has 19 heavy (non-hydrogen) atoms. The van der Waals surface area contributed by atoms with Gasteiger partial charge in [0.2, 0.25) is 0 Å². The Bertz CT molecular complexity index is 450. The molecule has 2 heteroatoms. The fourth-order valence-electron chi connectivity index (χ4n) is 3.32. The van der Waals surface area contributed by atoms with Crippen LogP contribution in [0.4, 0.5) is 0 Å². The van der Waals surface area contributed by atoms with Gasteiger partial charge in [0, 0.05) is 0 Å². The van der Waals surface area contributed by atoms with Crippen molar-refractivity contribution in [1.82, 2.24) is 0 Å². The summed E-state index contributed by atoms with van der Waals surface area (Å²) >= 11 is 0. The molecule has 2 rings (SSSR count). The van der Waals surface area contributed by atoms with Crippen LogP contribution in [0.1, 0.15) is 57.1 Å². The van der Waals surface area contributed by atoms with Gasteiger partial charge in [-0.25, -0.2) is 0 Å². The average molecular weight is 260 g/mol. The molecular weight excluding hydrogens is 236 g/mol. The number of aryl methyl sites for hydroxylation is 1. The second-order valence-electron chi connectivity index (χ2n) is 6.18. The maximum atomic E-state index is 11.9. The van der Waals surface area contributed by atoms with Crippen LogP contribution in [0.3, 0.4) is 0 Å². The van der Waals surface area contributed by atoms with Gasteiger partial charge in [0.05, 0.1) is 5.41 Å². The fraction of sp³-hybridized carbons (Fsp3) is 0.588. The molecule has 0 fully saturated rings. The summed E-state index contributed by atoms with van der Waals surface area (Å²) in [6.45, 7) is 4.39. The minimum absolute atomic E-state index is 0.635. The van der Waals surface area contributed by atoms with Gasteiger partial charge < -0.3 is 5.11 Å². The Morgan fingerprint density at radius 2 is 2.11 bits per heavy atom. The highest BCUT2D eigenvalue weighted by Gasteiger charge is 2.42. The van der Waals surface area contributed by atoms with Crippen LogP contribution in [0.25, 0.3) is 0 Å². The molecule has 0 radical (unpaired) electrons. The van der Waals surface area contributed by atoms with Gasteiger partial charge in [-0.3, -0.25) is 4.79 Å². The molecule has 0 spiro atoms. The molecule has 2 nitrogen and oxygen atoms in total. The van der Waals surface area contributed by atoms with Crippen molar-refractivity contribution in [3.63, 3.8) is 0 Å². The second kappa shape index (κ2) is 5.77. The van der Waals surface area contributed by atoms with Crippen LogP contribution < -0.4 is 0 Å². The molecule has 0 heterocycles. The van der Waals surface area contributed by atoms with Crippen molar-refractivity contribution in [3.8, 4) is 0 Å². The van der Waals surface area contributed by atoms with E-state index in [4.69, 9.17) is 0 Å². The standard InChI is InChI=1S/C17H24O2/c1-13(2)7-5-11-17(16(18)19)12-6-9-14-8-3-4-10-15(14)17/h3-4,8,10,13H,5-7,9,11-12H2,1-2H3,(H,18,19). The number of carboxylic acid groups (broad SMARTS) is 1. The molecule has 0 saturated carbocycles. The van der Waals surface area contributed by atoms with Gasteiger partial charge >= 0.3 is 5.97 Å². The number of aliphatic carboxylic acids is 1. The first-order valence-electron chi connectivity index (χ1n) is 7.38. The summed E-state index contributed by atoms with van der Waals surface area (Å²) in [6, 6.07) is 8.11. The molecule has 1 atom stereocenters. The van der Waals surface area contributed by atoms with Crippen LogP contribution in [0, 0.1) is 5.92 Å². The van der Waals surface area contributed by atoms with Crippen LogP contribution >= 0.6 is 0 Å². The van der Waals surface area contributed by atoms with E-state index in [1.165, 1.54) is 5.56 Å². The van der Waals surface area contributed by atoms with E-state index >= 15 is 0 Å². The third-order valence-corrected chi connectivity index (χ3v) is 4.38. The molecule has 1 unspecified atom stereocenters. The summed E-state index contributed by atoms with van der Waals surface area (Å²) in [5.41, 5.74) is 1.67. The first-order valence-corrected chi connectivity index (χ1v) is 7.38. The fourth-order valence-corrected chi connectivity index (χ4v) is 3.32. The van der Waals surface area contributed by atoms with Crippen molar-refractivity contribution in [1.29, 1.82) is 0 Å². The highest BCUT2D eigenvalue weighted by molar-refractivity contribution is 5.82. The summed E-state index contributed by atoms with van der Waals surface area (Å²) in [5.74, 6) is 0.00749. The summed E-state index contributed by atoms with van der Waals surface area (Å²) in [7, 11) is 0. The monoisotopic (exact) mass is 260 g/mol. The van der Waals surface area contributed by atoms with E-state index in [9.17, 15) is 9.90 Å². The van der Waals surface area contributed by atoms with Gasteiger partial charge in [-0.2, -0.15) is 0 Å². The van der Waals surface area contributed by atoms with E-state index in [2.05, 4.69) is 19.9 Å². The number of carboxylic acids is 1. The minimum Gasteiger partial charge on any atom is -0.481 e. The van der Waals surface area contributed by atoms with Gasteiger partial charge in [-0.1, -0.05) is 51.0 Å². The Kier molecular flexibility index (Phi) is 4.28. The van der Waals surface area contributed by atoms with E-state index in [1.54, 1.807) is 0 Å². The number of benzene rings is 1. The lowest BCUT2D eigenvalue weighted by Gasteiger charge is -2.35. The quantitative estimate of drug-likeness (QED) is 0.862. The van der Waals surface area contributed by atoms with Gasteiger partial charge in [-0.05, 0) is 42.7 Å². The molecule has 1 aliphatic rings. The minimum atomic E-state index is -0.636. The second-order valence-corrected chi connectivity index (χ2v) is 6.18. The number of hydrogen-bond donors (Lipinski definition) is 1. The van der Waals surface area contributed by atoms with Crippen LogP contribution in [0.15, 0.2) is 24.3 Å². The van der Waals surface area contributed by atoms with E-state index in [1.807, 2.05) is 18.2 Å². The largest absolute Gasteiger partial charge is 0.481 e. The Hall–Kier alpha value is -1.31. The molecule has 1 aromatic rings. The van der Waals surface area contributed by atoms with E-state index in [0.29, 0.717) is 5.92 Å². The van der Waals surface area contributed by atoms with Crippen molar-refractivity contribution < 1.29 is 9.90 Å². The zero-order valence-electron chi connectivity index (χ0n) is 12.0. The van der Waals surface area contributed by atoms with Crippen LogP contribution in [0.5, 0.6) is 0 Å². The van der Waals surface area contributed by atoms with Crippen molar-refractivity contribution in [3.05, 3.63) is 35.4 Å². The van der Waals surface area contributed by atoms with E-state index < -0.39 is 11.4 Å². The highest BCUT2D eigenvalue weighted by atomic mass is 16.4. The number of carbonyl (C=O) groups is 1. The Labute approximate surface area is 115 Å². The van der Waals surface area contributed by atoms with E-state index in [-0.39, 0.29) is 0 Å². The van der Waals surface area contributed by atoms with Crippen molar-refractivity contribution in [2.75, 3.05) is 0 Å². The third kappa shape index (κ3) is 2.83. The Morgan fingerprint density at radius 1 is 1.37 bits per heavy atom. The lowest BCUT2D eigenvalue weighted by molar-refractivity contribution is -0.145. The van der Waals surface area contributed by atoms with Gasteiger partial charge in [0.25, 0.3) is 0 Å². The number of hydrogen-bond acceptors (Lipinski definition) is 1. The van der Waals surface area contributed by atoms with Gasteiger partial charge in [0.15, 0.2) is 0 Å². The summed E-state index contributed by atoms with van der Waals surface area (Å²) in [4.78, 5) is 11.9. The Morgan fingerprint density at radius 3 is 2.79 bits per heavy atom. The highest BCUT2D eigenvalue weighted by Crippen LogP contribution is 2.41. The van der Waals surface area contributed by atoms with Crippen molar-refractivity contribution in [2.24, 2.45) is 5.92 Å². The molecule has 0 bridgehead atoms. The summed E-state index contributed by atoms with van der Waals surface area (Å²) in [6.07, 6.45) is 5.69. The molecule has 1 aromatic carbocycles. The van der Waals surface area contributed by atoms with Crippen molar-refractivity contribution >= 4 is 5.97 Å². The number of fused-ring (bicyclic) bond motifs is 1. The van der Waals surface area contributed by atoms with Crippen molar-refractivity contribution in [2.45, 2.75) is 57.8 Å². The maximum absolute atomic E-state index is 11.9. The molecule has 104 valence electrons. The van der Waals surface area contributed by atoms with Gasteiger partial charge in [0.1, 0.15) is 0 Å². The predicted molar refractivity (Wildman–Crippen MR) is 77.4 cm³/mol. The zero-order chi connectivity index (χ0) is 13.9. The zero-order valence-corrected chi connectivity index (χ0v) is 12.0. The summed E-state index contributed by atoms with van der Waals surface area (Å²) < 4.78 is 0. The SMILES string of the molecule is CC(C)CCCC1(C(=O)O)CCCc2ccccc21. The average Bonchev–Trinajstić information content (AvgIpc) is 2.38. The lowest BCUT2D eigenvalue weighted by Crippen LogP contribution is -2.39. The van der Waals surface area contributed by atoms with Crippen LogP contribution in [-0.2, 0) is 16.6 Å². The molecule has 1 N–H and O–H groups in total. The molecule has 0 aromatic heterocycles. The first-order chi connectivity index (χ1) is 9.06. The predicted octanol–water partition coefficient (Wildman–Crippen LogP) is 4.17. The van der Waals surface area contributed by atoms with Crippen LogP contribution in [0.2, 0.25) is 0 Å². The molecule has 0 saturated heterocycles. The smallest absolute Gasteiger partial charge is 0.314 e. The number of rotatable bonds is 5.